The lowest BCUT2D eigenvalue weighted by Crippen LogP contribution is -2.21. The topological polar surface area (TPSA) is 108 Å². The summed E-state index contributed by atoms with van der Waals surface area (Å²) in [6, 6.07) is 7.16. The van der Waals surface area contributed by atoms with Crippen LogP contribution in [-0.2, 0) is 24.8 Å². The van der Waals surface area contributed by atoms with Crippen LogP contribution in [0.1, 0.15) is 5.82 Å². The lowest BCUT2D eigenvalue weighted by atomic mass is 10.3. The van der Waals surface area contributed by atoms with E-state index in [0.717, 1.165) is 4.90 Å². The van der Waals surface area contributed by atoms with Crippen molar-refractivity contribution in [1.29, 1.82) is 0 Å². The molecule has 3 rings (SSSR count). The van der Waals surface area contributed by atoms with Gasteiger partial charge in [0.25, 0.3) is 0 Å². The Morgan fingerprint density at radius 2 is 1.64 bits per heavy atom. The van der Waals surface area contributed by atoms with Crippen LogP contribution in [0.3, 0.4) is 0 Å². The summed E-state index contributed by atoms with van der Waals surface area (Å²) in [5, 5.41) is 0.519. The van der Waals surface area contributed by atoms with Crippen molar-refractivity contribution in [1.82, 2.24) is 19.9 Å². The molecule has 1 aromatic carbocycles. The van der Waals surface area contributed by atoms with Crippen molar-refractivity contribution in [3.63, 3.8) is 0 Å². The number of aromatic nitrogens is 4. The van der Waals surface area contributed by atoms with E-state index >= 15 is 0 Å². The smallest absolute Gasteiger partial charge is 0.412 e. The maximum Gasteiger partial charge on any atom is 0.412 e. The third-order valence-electron chi connectivity index (χ3n) is 4.14. The van der Waals surface area contributed by atoms with Gasteiger partial charge in [-0.1, -0.05) is 11.8 Å². The number of benzene rings is 1. The number of H-pyrrole nitrogens is 1. The van der Waals surface area contributed by atoms with Gasteiger partial charge in [0.1, 0.15) is 28.5 Å². The van der Waals surface area contributed by atoms with Gasteiger partial charge in [-0.05, 0) is 24.3 Å². The first-order chi connectivity index (χ1) is 16.9. The Bertz CT molecular complexity index is 1170. The third kappa shape index (κ3) is 8.92. The number of rotatable bonds is 12. The number of hydrogen-bond donors (Lipinski definition) is 1. The average Bonchev–Trinajstić information content (AvgIpc) is 3.28. The Balaban J connectivity index is 1.64. The van der Waals surface area contributed by atoms with E-state index in [1.165, 1.54) is 18.1 Å². The molecular formula is C19H19F6N4O5PS. The van der Waals surface area contributed by atoms with Crippen molar-refractivity contribution in [2.75, 3.05) is 33.3 Å². The van der Waals surface area contributed by atoms with Crippen LogP contribution in [-0.4, -0.2) is 65.6 Å². The lowest BCUT2D eigenvalue weighted by Gasteiger charge is -2.20. The summed E-state index contributed by atoms with van der Waals surface area (Å²) in [5.41, 5.74) is 0.898. The second-order valence-electron chi connectivity index (χ2n) is 7.00. The maximum absolute atomic E-state index is 12.4. The quantitative estimate of drug-likeness (QED) is 0.135. The number of fused-ring (bicyclic) bond motifs is 1. The Kier molecular flexibility index (Phi) is 9.22. The minimum absolute atomic E-state index is 0.0164. The molecule has 0 saturated carbocycles. The van der Waals surface area contributed by atoms with E-state index in [0.29, 0.717) is 21.9 Å². The van der Waals surface area contributed by atoms with Crippen molar-refractivity contribution >= 4 is 30.5 Å². The molecule has 0 unspecified atom stereocenters. The number of alkyl halides is 6. The van der Waals surface area contributed by atoms with Gasteiger partial charge in [0.2, 0.25) is 0 Å². The van der Waals surface area contributed by atoms with Crippen LogP contribution < -0.4 is 4.74 Å². The molecule has 0 saturated heterocycles. The molecule has 9 nitrogen and oxygen atoms in total. The summed E-state index contributed by atoms with van der Waals surface area (Å²) in [6.07, 6.45) is -9.58. The van der Waals surface area contributed by atoms with Crippen LogP contribution in [0, 0.1) is 0 Å². The highest BCUT2D eigenvalue weighted by Gasteiger charge is 2.38. The van der Waals surface area contributed by atoms with Gasteiger partial charge in [-0.2, -0.15) is 26.3 Å². The fourth-order valence-electron chi connectivity index (χ4n) is 2.59. The van der Waals surface area contributed by atoms with E-state index in [9.17, 15) is 30.9 Å². The summed E-state index contributed by atoms with van der Waals surface area (Å²) in [6.45, 7) is -4.41. The predicted octanol–water partition coefficient (Wildman–Crippen LogP) is 5.38. The van der Waals surface area contributed by atoms with Gasteiger partial charge in [-0.15, -0.1) is 0 Å². The maximum atomic E-state index is 12.4. The van der Waals surface area contributed by atoms with E-state index < -0.39 is 39.5 Å². The van der Waals surface area contributed by atoms with Crippen LogP contribution in [0.15, 0.2) is 40.5 Å². The van der Waals surface area contributed by atoms with Crippen molar-refractivity contribution in [2.24, 2.45) is 0 Å². The number of methoxy groups -OCH3 is 1. The second kappa shape index (κ2) is 11.8. The monoisotopic (exact) mass is 560 g/mol. The molecule has 0 atom stereocenters. The molecule has 0 radical (unpaired) electrons. The summed E-state index contributed by atoms with van der Waals surface area (Å²) in [7, 11) is -3.32. The molecule has 1 N–H and O–H groups in total. The molecule has 3 aromatic rings. The van der Waals surface area contributed by atoms with E-state index in [-0.39, 0.29) is 18.9 Å². The number of imidazole rings is 1. The summed E-state index contributed by atoms with van der Waals surface area (Å²) in [4.78, 5) is 16.5. The zero-order chi connectivity index (χ0) is 26.4. The van der Waals surface area contributed by atoms with Gasteiger partial charge >= 0.3 is 19.9 Å². The normalized spacial score (nSPS) is 12.9. The van der Waals surface area contributed by atoms with Crippen molar-refractivity contribution < 1.29 is 49.4 Å². The number of aromatic amines is 1. The minimum atomic E-state index is -4.93. The molecule has 36 heavy (non-hydrogen) atoms. The summed E-state index contributed by atoms with van der Waals surface area (Å²) >= 11 is 1.30. The summed E-state index contributed by atoms with van der Waals surface area (Å²) in [5.74, 6) is 0.898. The molecule has 0 aliphatic rings. The molecule has 0 aliphatic heterocycles. The largest absolute Gasteiger partial charge is 0.497 e. The Morgan fingerprint density at radius 3 is 2.22 bits per heavy atom. The summed E-state index contributed by atoms with van der Waals surface area (Å²) < 4.78 is 105. The first-order valence-electron chi connectivity index (χ1n) is 9.97. The highest BCUT2D eigenvalue weighted by molar-refractivity contribution is 7.99. The number of nitrogens with one attached hydrogen (secondary N) is 1. The third-order valence-corrected chi connectivity index (χ3v) is 6.68. The van der Waals surface area contributed by atoms with Gasteiger partial charge in [0, 0.05) is 11.3 Å². The average molecular weight is 560 g/mol. The molecule has 0 aliphatic carbocycles. The fraction of sp³-hybridized carbons (Fsp3) is 0.421. The van der Waals surface area contributed by atoms with E-state index in [4.69, 9.17) is 9.47 Å². The molecule has 2 aromatic heterocycles. The first kappa shape index (κ1) is 28.2. The Labute approximate surface area is 204 Å². The van der Waals surface area contributed by atoms with Gasteiger partial charge in [-0.25, -0.2) is 15.0 Å². The molecule has 0 fully saturated rings. The SMILES string of the molecule is COc1ccc(Sc2nc(CCOCP(=O)(OCC(F)(F)F)OCC(F)(F)F)nc3nc[nH]c23)cc1. The predicted molar refractivity (Wildman–Crippen MR) is 115 cm³/mol. The highest BCUT2D eigenvalue weighted by Crippen LogP contribution is 2.50. The van der Waals surface area contributed by atoms with Gasteiger partial charge < -0.3 is 14.5 Å². The van der Waals surface area contributed by atoms with Crippen LogP contribution in [0.25, 0.3) is 11.2 Å². The van der Waals surface area contributed by atoms with Crippen molar-refractivity contribution in [3.05, 3.63) is 36.4 Å². The zero-order valence-corrected chi connectivity index (χ0v) is 20.1. The van der Waals surface area contributed by atoms with E-state index in [1.54, 1.807) is 19.2 Å². The van der Waals surface area contributed by atoms with Gasteiger partial charge in [0.15, 0.2) is 18.9 Å². The van der Waals surface area contributed by atoms with E-state index in [1.807, 2.05) is 12.1 Å². The Hall–Kier alpha value is -2.39. The number of nitrogens with zero attached hydrogens (tertiary/aromatic N) is 3. The minimum Gasteiger partial charge on any atom is -0.497 e. The molecule has 2 heterocycles. The fourth-order valence-corrected chi connectivity index (χ4v) is 4.75. The van der Waals surface area contributed by atoms with Crippen LogP contribution in [0.4, 0.5) is 26.3 Å². The number of hydrogen-bond acceptors (Lipinski definition) is 9. The molecule has 0 spiro atoms. The first-order valence-corrected chi connectivity index (χ1v) is 12.5. The Morgan fingerprint density at radius 1 is 1.00 bits per heavy atom. The second-order valence-corrected chi connectivity index (χ2v) is 10.1. The molecule has 0 bridgehead atoms. The molecule has 17 heteroatoms. The number of ether oxygens (including phenoxy) is 2. The van der Waals surface area contributed by atoms with E-state index in [2.05, 4.69) is 29.0 Å². The molecular weight excluding hydrogens is 541 g/mol. The standard InChI is InChI=1S/C19H19F6N4O5PS/c1-31-12-2-4-13(5-3-12)36-17-15-16(27-10-26-15)28-14(29-17)6-7-32-11-35(30,33-8-18(20,21)22)34-9-19(23,24)25/h2-5,10H,6-9,11H2,1H3,(H,26,27,28,29). The van der Waals surface area contributed by atoms with Crippen molar-refractivity contribution in [3.8, 4) is 5.75 Å². The lowest BCUT2D eigenvalue weighted by molar-refractivity contribution is -0.166. The van der Waals surface area contributed by atoms with Crippen LogP contribution in [0.2, 0.25) is 0 Å². The highest BCUT2D eigenvalue weighted by atomic mass is 32.2. The van der Waals surface area contributed by atoms with Crippen molar-refractivity contribution in [2.45, 2.75) is 28.7 Å². The molecule has 198 valence electrons. The number of halogens is 6. The van der Waals surface area contributed by atoms with Crippen LogP contribution in [0.5, 0.6) is 5.75 Å². The molecule has 0 amide bonds. The van der Waals surface area contributed by atoms with Crippen LogP contribution >= 0.6 is 19.4 Å². The zero-order valence-electron chi connectivity index (χ0n) is 18.4. The van der Waals surface area contributed by atoms with Gasteiger partial charge in [0.05, 0.1) is 20.0 Å². The van der Waals surface area contributed by atoms with Gasteiger partial charge in [-0.3, -0.25) is 13.6 Å².